The van der Waals surface area contributed by atoms with Crippen LogP contribution in [0, 0.1) is 0 Å². The number of fused-ring (bicyclic) bond motifs is 1. The third-order valence-corrected chi connectivity index (χ3v) is 3.50. The van der Waals surface area contributed by atoms with Crippen LogP contribution in [0.4, 0.5) is 0 Å². The summed E-state index contributed by atoms with van der Waals surface area (Å²) in [6.45, 7) is 0. The summed E-state index contributed by atoms with van der Waals surface area (Å²) >= 11 is 5.94. The Balaban J connectivity index is 2.06. The monoisotopic (exact) mass is 309 g/mol. The van der Waals surface area contributed by atoms with Gasteiger partial charge < -0.3 is 5.11 Å². The summed E-state index contributed by atoms with van der Waals surface area (Å²) in [6.07, 6.45) is 3.64. The standard InChI is InChI=1S/C18H12ClNO2/c19-13-5-3-4-12(10-13)8-9-14-11-16(18(21)22)15-6-1-2-7-17(15)20-14/h1-11H,(H,21,22). The maximum Gasteiger partial charge on any atom is 0.336 e. The van der Waals surface area contributed by atoms with E-state index in [-0.39, 0.29) is 5.56 Å². The number of carboxylic acid groups (broad SMARTS) is 1. The van der Waals surface area contributed by atoms with Crippen molar-refractivity contribution >= 4 is 40.6 Å². The molecule has 0 aliphatic carbocycles. The lowest BCUT2D eigenvalue weighted by molar-refractivity contribution is 0.0699. The van der Waals surface area contributed by atoms with E-state index in [1.54, 1.807) is 36.4 Å². The highest BCUT2D eigenvalue weighted by molar-refractivity contribution is 6.30. The summed E-state index contributed by atoms with van der Waals surface area (Å²) in [5.41, 5.74) is 2.43. The summed E-state index contributed by atoms with van der Waals surface area (Å²) in [5.74, 6) is -0.962. The van der Waals surface area contributed by atoms with Gasteiger partial charge in [0.05, 0.1) is 16.8 Å². The molecule has 0 bridgehead atoms. The molecule has 0 aliphatic heterocycles. The second-order valence-corrected chi connectivity index (χ2v) is 5.24. The van der Waals surface area contributed by atoms with Crippen LogP contribution in [-0.2, 0) is 0 Å². The van der Waals surface area contributed by atoms with Crippen LogP contribution < -0.4 is 0 Å². The van der Waals surface area contributed by atoms with Gasteiger partial charge in [-0.15, -0.1) is 0 Å². The number of aromatic carboxylic acids is 1. The predicted octanol–water partition coefficient (Wildman–Crippen LogP) is 4.76. The number of nitrogens with zero attached hydrogens (tertiary/aromatic N) is 1. The number of carbonyl (C=O) groups is 1. The first-order valence-electron chi connectivity index (χ1n) is 6.70. The molecule has 0 radical (unpaired) electrons. The molecule has 22 heavy (non-hydrogen) atoms. The lowest BCUT2D eigenvalue weighted by Crippen LogP contribution is -2.00. The zero-order valence-electron chi connectivity index (χ0n) is 11.5. The zero-order valence-corrected chi connectivity index (χ0v) is 12.3. The Morgan fingerprint density at radius 1 is 1.05 bits per heavy atom. The Bertz CT molecular complexity index is 887. The second kappa shape index (κ2) is 6.00. The van der Waals surface area contributed by atoms with Gasteiger partial charge in [-0.1, -0.05) is 48.0 Å². The van der Waals surface area contributed by atoms with Crippen molar-refractivity contribution in [3.8, 4) is 0 Å². The molecule has 3 aromatic rings. The number of aromatic nitrogens is 1. The summed E-state index contributed by atoms with van der Waals surface area (Å²) in [6, 6.07) is 16.2. The molecule has 108 valence electrons. The first kappa shape index (κ1) is 14.3. The molecule has 0 spiro atoms. The van der Waals surface area contributed by atoms with Crippen molar-refractivity contribution in [3.63, 3.8) is 0 Å². The van der Waals surface area contributed by atoms with Gasteiger partial charge in [-0.25, -0.2) is 9.78 Å². The number of rotatable bonds is 3. The van der Waals surface area contributed by atoms with Crippen molar-refractivity contribution in [3.05, 3.63) is 76.4 Å². The topological polar surface area (TPSA) is 50.2 Å². The average molecular weight is 310 g/mol. The quantitative estimate of drug-likeness (QED) is 0.759. The SMILES string of the molecule is O=C(O)c1cc(C=Cc2cccc(Cl)c2)nc2ccccc12. The summed E-state index contributed by atoms with van der Waals surface area (Å²) in [7, 11) is 0. The van der Waals surface area contributed by atoms with E-state index in [1.165, 1.54) is 0 Å². The number of hydrogen-bond acceptors (Lipinski definition) is 2. The third-order valence-electron chi connectivity index (χ3n) is 3.26. The molecule has 0 aliphatic rings. The number of pyridine rings is 1. The second-order valence-electron chi connectivity index (χ2n) is 4.81. The summed E-state index contributed by atoms with van der Waals surface area (Å²) < 4.78 is 0. The molecule has 1 aromatic heterocycles. The highest BCUT2D eigenvalue weighted by Gasteiger charge is 2.10. The molecule has 0 saturated carbocycles. The van der Waals surface area contributed by atoms with Crippen LogP contribution >= 0.6 is 11.6 Å². The normalized spacial score (nSPS) is 11.1. The van der Waals surface area contributed by atoms with Crippen LogP contribution in [0.1, 0.15) is 21.6 Å². The first-order chi connectivity index (χ1) is 10.6. The van der Waals surface area contributed by atoms with E-state index in [2.05, 4.69) is 4.98 Å². The molecule has 3 rings (SSSR count). The molecule has 2 aromatic carbocycles. The molecule has 0 atom stereocenters. The first-order valence-corrected chi connectivity index (χ1v) is 7.08. The fourth-order valence-electron chi connectivity index (χ4n) is 2.25. The van der Waals surface area contributed by atoms with Gasteiger partial charge in [-0.3, -0.25) is 0 Å². The lowest BCUT2D eigenvalue weighted by Gasteiger charge is -2.04. The van der Waals surface area contributed by atoms with E-state index in [4.69, 9.17) is 11.6 Å². The third kappa shape index (κ3) is 3.00. The van der Waals surface area contributed by atoms with Crippen molar-refractivity contribution in [1.29, 1.82) is 0 Å². The largest absolute Gasteiger partial charge is 0.478 e. The molecular weight excluding hydrogens is 298 g/mol. The highest BCUT2D eigenvalue weighted by atomic mass is 35.5. The summed E-state index contributed by atoms with van der Waals surface area (Å²) in [4.78, 5) is 15.9. The molecule has 0 unspecified atom stereocenters. The Morgan fingerprint density at radius 3 is 2.64 bits per heavy atom. The number of benzene rings is 2. The van der Waals surface area contributed by atoms with Gasteiger partial charge in [-0.05, 0) is 35.9 Å². The summed E-state index contributed by atoms with van der Waals surface area (Å²) in [5, 5.41) is 10.6. The van der Waals surface area contributed by atoms with E-state index >= 15 is 0 Å². The van der Waals surface area contributed by atoms with Gasteiger partial charge in [0.1, 0.15) is 0 Å². The van der Waals surface area contributed by atoms with Crippen LogP contribution in [0.25, 0.3) is 23.1 Å². The number of carboxylic acids is 1. The lowest BCUT2D eigenvalue weighted by atomic mass is 10.1. The van der Waals surface area contributed by atoms with E-state index in [9.17, 15) is 9.90 Å². The molecule has 0 saturated heterocycles. The van der Waals surface area contributed by atoms with Crippen LogP contribution in [0.2, 0.25) is 5.02 Å². The number of halogens is 1. The molecule has 1 heterocycles. The van der Waals surface area contributed by atoms with Gasteiger partial charge in [0.25, 0.3) is 0 Å². The van der Waals surface area contributed by atoms with E-state index in [0.29, 0.717) is 21.6 Å². The average Bonchev–Trinajstić information content (AvgIpc) is 2.52. The van der Waals surface area contributed by atoms with E-state index in [0.717, 1.165) is 5.56 Å². The fourth-order valence-corrected chi connectivity index (χ4v) is 2.45. The minimum Gasteiger partial charge on any atom is -0.478 e. The van der Waals surface area contributed by atoms with Gasteiger partial charge in [-0.2, -0.15) is 0 Å². The smallest absolute Gasteiger partial charge is 0.336 e. The number of para-hydroxylation sites is 1. The predicted molar refractivity (Wildman–Crippen MR) is 89.1 cm³/mol. The van der Waals surface area contributed by atoms with Gasteiger partial charge >= 0.3 is 5.97 Å². The molecule has 3 nitrogen and oxygen atoms in total. The van der Waals surface area contributed by atoms with Crippen molar-refractivity contribution in [2.24, 2.45) is 0 Å². The maximum atomic E-state index is 11.4. The Morgan fingerprint density at radius 2 is 1.86 bits per heavy atom. The van der Waals surface area contributed by atoms with Gasteiger partial charge in [0.2, 0.25) is 0 Å². The van der Waals surface area contributed by atoms with Gasteiger partial charge in [0, 0.05) is 10.4 Å². The Kier molecular flexibility index (Phi) is 3.90. The molecule has 4 heteroatoms. The Labute approximate surface area is 132 Å². The van der Waals surface area contributed by atoms with Gasteiger partial charge in [0.15, 0.2) is 0 Å². The minimum absolute atomic E-state index is 0.247. The molecular formula is C18H12ClNO2. The Hall–Kier alpha value is -2.65. The van der Waals surface area contributed by atoms with E-state index < -0.39 is 5.97 Å². The van der Waals surface area contributed by atoms with Crippen molar-refractivity contribution < 1.29 is 9.90 Å². The number of hydrogen-bond donors (Lipinski definition) is 1. The van der Waals surface area contributed by atoms with Crippen LogP contribution in [0.5, 0.6) is 0 Å². The minimum atomic E-state index is -0.962. The van der Waals surface area contributed by atoms with Crippen LogP contribution in [0.15, 0.2) is 54.6 Å². The van der Waals surface area contributed by atoms with Crippen LogP contribution in [-0.4, -0.2) is 16.1 Å². The molecule has 0 amide bonds. The zero-order chi connectivity index (χ0) is 15.5. The van der Waals surface area contributed by atoms with Crippen molar-refractivity contribution in [2.45, 2.75) is 0 Å². The fraction of sp³-hybridized carbons (Fsp3) is 0. The van der Waals surface area contributed by atoms with E-state index in [1.807, 2.05) is 30.3 Å². The molecule has 0 fully saturated rings. The highest BCUT2D eigenvalue weighted by Crippen LogP contribution is 2.20. The van der Waals surface area contributed by atoms with Crippen molar-refractivity contribution in [1.82, 2.24) is 4.98 Å². The van der Waals surface area contributed by atoms with Crippen LogP contribution in [0.3, 0.4) is 0 Å². The molecule has 1 N–H and O–H groups in total. The van der Waals surface area contributed by atoms with Crippen molar-refractivity contribution in [2.75, 3.05) is 0 Å². The maximum absolute atomic E-state index is 11.4.